The molecule has 10 aromatic rings. The van der Waals surface area contributed by atoms with E-state index in [9.17, 15) is 0 Å². The molecular weight excluding hydrogens is 508 g/mol. The number of hydrogen-bond acceptors (Lipinski definition) is 0. The molecule has 8 aromatic carbocycles. The highest BCUT2D eigenvalue weighted by Crippen LogP contribution is 2.54. The molecule has 10 rings (SSSR count). The molecule has 0 aliphatic carbocycles. The van der Waals surface area contributed by atoms with Crippen LogP contribution in [-0.2, 0) is 0 Å². The first-order valence-corrected chi connectivity index (χ1v) is 14.7. The van der Waals surface area contributed by atoms with Crippen LogP contribution >= 0.6 is 0 Å². The van der Waals surface area contributed by atoms with Crippen LogP contribution in [0.15, 0.2) is 109 Å². The van der Waals surface area contributed by atoms with Crippen molar-refractivity contribution in [2.75, 3.05) is 0 Å². The normalized spacial score (nSPS) is 12.5. The molecule has 0 unspecified atom stereocenters. The van der Waals surface area contributed by atoms with Crippen LogP contribution in [0.4, 0.5) is 0 Å². The zero-order chi connectivity index (χ0) is 27.7. The summed E-state index contributed by atoms with van der Waals surface area (Å²) in [5.41, 5.74) is 7.26. The topological polar surface area (TPSA) is 31.6 Å². The van der Waals surface area contributed by atoms with Crippen molar-refractivity contribution in [2.45, 2.75) is 13.8 Å². The number of benzene rings is 6. The van der Waals surface area contributed by atoms with Gasteiger partial charge in [0, 0.05) is 50.1 Å². The Morgan fingerprint density at radius 2 is 0.881 bits per heavy atom. The molecule has 0 atom stereocenters. The molecule has 196 valence electrons. The highest BCUT2D eigenvalue weighted by Gasteiger charge is 2.26. The predicted octanol–water partition coefficient (Wildman–Crippen LogP) is 11.2. The van der Waals surface area contributed by atoms with Crippen LogP contribution in [-0.4, -0.2) is 9.97 Å². The van der Waals surface area contributed by atoms with E-state index in [-0.39, 0.29) is 0 Å². The molecule has 2 aromatic heterocycles. The zero-order valence-electron chi connectivity index (χ0n) is 23.4. The van der Waals surface area contributed by atoms with Crippen LogP contribution in [0.25, 0.3) is 97.9 Å². The van der Waals surface area contributed by atoms with Crippen molar-refractivity contribution < 1.29 is 0 Å². The van der Waals surface area contributed by atoms with E-state index in [1.54, 1.807) is 0 Å². The predicted molar refractivity (Wildman–Crippen MR) is 180 cm³/mol. The minimum absolute atomic E-state index is 1.17. The molecule has 0 amide bonds. The van der Waals surface area contributed by atoms with E-state index in [4.69, 9.17) is 0 Å². The Labute approximate surface area is 241 Å². The first-order valence-electron chi connectivity index (χ1n) is 14.7. The van der Waals surface area contributed by atoms with Crippen molar-refractivity contribution in [3.8, 4) is 22.5 Å². The van der Waals surface area contributed by atoms with E-state index in [2.05, 4.69) is 133 Å². The second kappa shape index (κ2) is 7.69. The number of H-pyrrole nitrogens is 2. The summed E-state index contributed by atoms with van der Waals surface area (Å²) in [6.45, 7) is 4.30. The number of nitrogens with one attached hydrogen (secondary N) is 2. The number of rotatable bonds is 2. The number of aryl methyl sites for hydroxylation is 2. The van der Waals surface area contributed by atoms with Crippen molar-refractivity contribution >= 4 is 75.4 Å². The fraction of sp³-hybridized carbons (Fsp3) is 0.0500. The lowest BCUT2D eigenvalue weighted by atomic mass is 9.86. The minimum atomic E-state index is 1.17. The fourth-order valence-electron chi connectivity index (χ4n) is 8.00. The summed E-state index contributed by atoms with van der Waals surface area (Å²) in [4.78, 5) is 7.50. The van der Waals surface area contributed by atoms with Crippen LogP contribution in [0.1, 0.15) is 11.4 Å². The summed E-state index contributed by atoms with van der Waals surface area (Å²) in [7, 11) is 0. The van der Waals surface area contributed by atoms with E-state index in [0.717, 1.165) is 0 Å². The molecule has 2 heterocycles. The second-order valence-electron chi connectivity index (χ2n) is 11.9. The Bertz CT molecular complexity index is 2690. The maximum atomic E-state index is 3.76. The SMILES string of the molecule is Cc1ccc(-c2c3cc4c5ccccc5c5cccc(c3c(-c3ccc(C)[nH]3)c3c6cccc7cccc(c23)c76)c54)[nH]1. The van der Waals surface area contributed by atoms with Crippen molar-refractivity contribution in [1.29, 1.82) is 0 Å². The Hall–Kier alpha value is -5.34. The molecule has 2 nitrogen and oxygen atoms in total. The third kappa shape index (κ3) is 2.65. The Morgan fingerprint density at radius 1 is 0.357 bits per heavy atom. The van der Waals surface area contributed by atoms with Gasteiger partial charge in [-0.25, -0.2) is 0 Å². The molecule has 0 aliphatic heterocycles. The molecule has 0 fully saturated rings. The van der Waals surface area contributed by atoms with Crippen LogP contribution in [0, 0.1) is 13.8 Å². The molecule has 0 aliphatic rings. The van der Waals surface area contributed by atoms with Gasteiger partial charge in [0.2, 0.25) is 0 Å². The molecule has 0 spiro atoms. The maximum absolute atomic E-state index is 3.76. The first-order chi connectivity index (χ1) is 20.7. The summed E-state index contributed by atoms with van der Waals surface area (Å²) >= 11 is 0. The number of aromatic nitrogens is 2. The smallest absolute Gasteiger partial charge is 0.0469 e. The average Bonchev–Trinajstić information content (AvgIpc) is 3.79. The van der Waals surface area contributed by atoms with Crippen LogP contribution in [0.5, 0.6) is 0 Å². The van der Waals surface area contributed by atoms with Crippen LogP contribution < -0.4 is 0 Å². The fourth-order valence-corrected chi connectivity index (χ4v) is 8.00. The third-order valence-electron chi connectivity index (χ3n) is 9.58. The van der Waals surface area contributed by atoms with E-state index in [0.29, 0.717) is 0 Å². The van der Waals surface area contributed by atoms with Crippen molar-refractivity contribution in [3.05, 3.63) is 121 Å². The van der Waals surface area contributed by atoms with Gasteiger partial charge in [-0.3, -0.25) is 0 Å². The van der Waals surface area contributed by atoms with Gasteiger partial charge in [-0.05, 0) is 103 Å². The summed E-state index contributed by atoms with van der Waals surface area (Å²) in [6.07, 6.45) is 0. The van der Waals surface area contributed by atoms with Crippen LogP contribution in [0.3, 0.4) is 0 Å². The van der Waals surface area contributed by atoms with Gasteiger partial charge in [0.05, 0.1) is 0 Å². The lowest BCUT2D eigenvalue weighted by molar-refractivity contribution is 1.27. The lowest BCUT2D eigenvalue weighted by Gasteiger charge is -2.17. The number of hydrogen-bond donors (Lipinski definition) is 2. The second-order valence-corrected chi connectivity index (χ2v) is 11.9. The summed E-state index contributed by atoms with van der Waals surface area (Å²) in [5, 5.41) is 18.5. The highest BCUT2D eigenvalue weighted by atomic mass is 14.7. The third-order valence-corrected chi connectivity index (χ3v) is 9.58. The van der Waals surface area contributed by atoms with E-state index < -0.39 is 0 Å². The van der Waals surface area contributed by atoms with E-state index in [1.165, 1.54) is 109 Å². The zero-order valence-corrected chi connectivity index (χ0v) is 23.4. The molecule has 0 radical (unpaired) electrons. The number of aromatic amines is 2. The molecule has 0 saturated carbocycles. The van der Waals surface area contributed by atoms with Gasteiger partial charge in [-0.15, -0.1) is 0 Å². The molecule has 0 bridgehead atoms. The van der Waals surface area contributed by atoms with Gasteiger partial charge in [0.25, 0.3) is 0 Å². The van der Waals surface area contributed by atoms with Crippen molar-refractivity contribution in [2.24, 2.45) is 0 Å². The van der Waals surface area contributed by atoms with Gasteiger partial charge < -0.3 is 9.97 Å². The van der Waals surface area contributed by atoms with Crippen molar-refractivity contribution in [3.63, 3.8) is 0 Å². The maximum Gasteiger partial charge on any atom is 0.0469 e. The average molecular weight is 535 g/mol. The highest BCUT2D eigenvalue weighted by molar-refractivity contribution is 6.44. The monoisotopic (exact) mass is 534 g/mol. The largest absolute Gasteiger partial charge is 0.359 e. The first kappa shape index (κ1) is 22.4. The molecule has 0 saturated heterocycles. The molecule has 42 heavy (non-hydrogen) atoms. The Kier molecular flexibility index (Phi) is 4.09. The van der Waals surface area contributed by atoms with Gasteiger partial charge in [0.1, 0.15) is 0 Å². The number of fused-ring (bicyclic) bond motifs is 8. The van der Waals surface area contributed by atoms with E-state index in [1.807, 2.05) is 0 Å². The Balaban J connectivity index is 1.61. The van der Waals surface area contributed by atoms with Crippen LogP contribution in [0.2, 0.25) is 0 Å². The minimum Gasteiger partial charge on any atom is -0.359 e. The molecular formula is C40H26N2. The summed E-state index contributed by atoms with van der Waals surface area (Å²) < 4.78 is 0. The molecule has 2 N–H and O–H groups in total. The van der Waals surface area contributed by atoms with Gasteiger partial charge in [-0.1, -0.05) is 78.9 Å². The summed E-state index contributed by atoms with van der Waals surface area (Å²) in [5.74, 6) is 0. The van der Waals surface area contributed by atoms with Gasteiger partial charge in [-0.2, -0.15) is 0 Å². The van der Waals surface area contributed by atoms with Crippen molar-refractivity contribution in [1.82, 2.24) is 9.97 Å². The lowest BCUT2D eigenvalue weighted by Crippen LogP contribution is -1.92. The molecule has 2 heteroatoms. The Morgan fingerprint density at radius 3 is 1.52 bits per heavy atom. The van der Waals surface area contributed by atoms with Gasteiger partial charge >= 0.3 is 0 Å². The summed E-state index contributed by atoms with van der Waals surface area (Å²) in [6, 6.07) is 40.8. The standard InChI is InChI=1S/C40H26N2/c1-21-16-18-32(41-21)37-31-20-30-25-11-4-3-10-24(25)26-12-7-15-29(35(26)30)36(31)40(33-19-17-22(2)42-33)39-28-14-6-9-23-8-5-13-27(34(23)28)38(37)39/h3-20,41-42H,1-2H3. The van der Waals surface area contributed by atoms with Gasteiger partial charge in [0.15, 0.2) is 0 Å². The van der Waals surface area contributed by atoms with E-state index >= 15 is 0 Å². The quantitative estimate of drug-likeness (QED) is 0.207.